The van der Waals surface area contributed by atoms with Crippen molar-refractivity contribution < 1.29 is 14.3 Å². The Morgan fingerprint density at radius 3 is 2.23 bits per heavy atom. The van der Waals surface area contributed by atoms with Crippen LogP contribution in [-0.2, 0) is 6.54 Å². The number of H-pyrrole nitrogens is 1. The summed E-state index contributed by atoms with van der Waals surface area (Å²) < 4.78 is 12.3. The lowest BCUT2D eigenvalue weighted by molar-refractivity contribution is 0.0943. The Morgan fingerprint density at radius 1 is 1.03 bits per heavy atom. The molecule has 0 saturated heterocycles. The quantitative estimate of drug-likeness (QED) is 0.578. The van der Waals surface area contributed by atoms with E-state index in [0.29, 0.717) is 41.2 Å². The summed E-state index contributed by atoms with van der Waals surface area (Å²) in [5.41, 5.74) is 0.681. The topological polar surface area (TPSA) is 102 Å². The van der Waals surface area contributed by atoms with Crippen molar-refractivity contribution in [2.75, 3.05) is 13.2 Å². The highest BCUT2D eigenvalue weighted by atomic mass is 16.5. The summed E-state index contributed by atoms with van der Waals surface area (Å²) in [4.78, 5) is 40.5. The van der Waals surface area contributed by atoms with Crippen LogP contribution in [0.3, 0.4) is 0 Å². The van der Waals surface area contributed by atoms with Gasteiger partial charge in [0.05, 0.1) is 30.7 Å². The van der Waals surface area contributed by atoms with Gasteiger partial charge in [-0.15, -0.1) is 0 Å². The van der Waals surface area contributed by atoms with Crippen LogP contribution < -0.4 is 26.0 Å². The highest BCUT2D eigenvalue weighted by molar-refractivity contribution is 5.94. The number of rotatable bonds is 8. The van der Waals surface area contributed by atoms with Crippen LogP contribution in [0.5, 0.6) is 11.5 Å². The Morgan fingerprint density at radius 2 is 1.65 bits per heavy atom. The number of hydrogen-bond acceptors (Lipinski definition) is 5. The van der Waals surface area contributed by atoms with Crippen LogP contribution in [0.15, 0.2) is 46.0 Å². The molecule has 1 amide bonds. The molecule has 31 heavy (non-hydrogen) atoms. The molecular formula is C23H27N3O5. The zero-order chi connectivity index (χ0) is 22.5. The van der Waals surface area contributed by atoms with E-state index < -0.39 is 11.2 Å². The van der Waals surface area contributed by atoms with Crippen LogP contribution in [0, 0.1) is 0 Å². The molecule has 0 atom stereocenters. The predicted molar refractivity (Wildman–Crippen MR) is 119 cm³/mol. The highest BCUT2D eigenvalue weighted by Crippen LogP contribution is 2.30. The maximum absolute atomic E-state index is 13.1. The average molecular weight is 425 g/mol. The molecule has 164 valence electrons. The van der Waals surface area contributed by atoms with Crippen LogP contribution in [0.1, 0.15) is 43.6 Å². The average Bonchev–Trinajstić information content (AvgIpc) is 2.72. The van der Waals surface area contributed by atoms with E-state index in [0.717, 1.165) is 10.1 Å². The first kappa shape index (κ1) is 22.1. The van der Waals surface area contributed by atoms with E-state index in [9.17, 15) is 14.4 Å². The van der Waals surface area contributed by atoms with Crippen molar-refractivity contribution in [1.29, 1.82) is 0 Å². The van der Waals surface area contributed by atoms with Gasteiger partial charge in [0, 0.05) is 17.7 Å². The fourth-order valence-corrected chi connectivity index (χ4v) is 3.23. The van der Waals surface area contributed by atoms with Crippen LogP contribution >= 0.6 is 0 Å². The molecule has 3 aromatic rings. The van der Waals surface area contributed by atoms with Gasteiger partial charge < -0.3 is 19.8 Å². The third kappa shape index (κ3) is 4.96. The lowest BCUT2D eigenvalue weighted by atomic mass is 10.1. The molecular weight excluding hydrogens is 398 g/mol. The van der Waals surface area contributed by atoms with E-state index in [2.05, 4.69) is 10.3 Å². The molecule has 0 aliphatic rings. The Labute approximate surface area is 179 Å². The summed E-state index contributed by atoms with van der Waals surface area (Å²) in [5.74, 6) is 0.754. The van der Waals surface area contributed by atoms with Gasteiger partial charge in [0.1, 0.15) is 0 Å². The van der Waals surface area contributed by atoms with Crippen molar-refractivity contribution in [3.63, 3.8) is 0 Å². The molecule has 0 radical (unpaired) electrons. The fourth-order valence-electron chi connectivity index (χ4n) is 3.23. The van der Waals surface area contributed by atoms with Crippen molar-refractivity contribution in [3.8, 4) is 11.5 Å². The van der Waals surface area contributed by atoms with Crippen molar-refractivity contribution in [2.24, 2.45) is 0 Å². The van der Waals surface area contributed by atoms with Crippen molar-refractivity contribution in [2.45, 2.75) is 40.3 Å². The van der Waals surface area contributed by atoms with Gasteiger partial charge in [-0.25, -0.2) is 4.79 Å². The zero-order valence-electron chi connectivity index (χ0n) is 18.2. The van der Waals surface area contributed by atoms with Crippen molar-refractivity contribution in [1.82, 2.24) is 14.9 Å². The number of aromatic amines is 1. The monoisotopic (exact) mass is 425 g/mol. The van der Waals surface area contributed by atoms with Crippen LogP contribution in [-0.4, -0.2) is 34.7 Å². The fraction of sp³-hybridized carbons (Fsp3) is 0.348. The Balaban J connectivity index is 1.97. The number of fused-ring (bicyclic) bond motifs is 1. The van der Waals surface area contributed by atoms with Gasteiger partial charge in [0.15, 0.2) is 11.5 Å². The molecule has 1 heterocycles. The summed E-state index contributed by atoms with van der Waals surface area (Å²) in [6.07, 6.45) is 0. The van der Waals surface area contributed by atoms with Gasteiger partial charge in [0.25, 0.3) is 11.5 Å². The van der Waals surface area contributed by atoms with Crippen molar-refractivity contribution in [3.05, 3.63) is 68.4 Å². The van der Waals surface area contributed by atoms with Crippen LogP contribution in [0.25, 0.3) is 10.9 Å². The molecule has 0 bridgehead atoms. The summed E-state index contributed by atoms with van der Waals surface area (Å²) in [5, 5.41) is 3.16. The van der Waals surface area contributed by atoms with Gasteiger partial charge in [-0.3, -0.25) is 14.2 Å². The van der Waals surface area contributed by atoms with Gasteiger partial charge >= 0.3 is 5.69 Å². The maximum atomic E-state index is 13.1. The minimum absolute atomic E-state index is 0.0340. The second-order valence-electron chi connectivity index (χ2n) is 7.36. The molecule has 0 aliphatic carbocycles. The lowest BCUT2D eigenvalue weighted by Gasteiger charge is -2.13. The second kappa shape index (κ2) is 9.51. The first-order chi connectivity index (χ1) is 14.8. The number of aromatic nitrogens is 2. The number of carbonyl (C=O) groups excluding carboxylic acids is 1. The molecule has 8 heteroatoms. The Bertz CT molecular complexity index is 1190. The largest absolute Gasteiger partial charge is 0.490 e. The summed E-state index contributed by atoms with van der Waals surface area (Å²) in [7, 11) is 0. The highest BCUT2D eigenvalue weighted by Gasteiger charge is 2.14. The van der Waals surface area contributed by atoms with Gasteiger partial charge in [-0.2, -0.15) is 0 Å². The molecule has 8 nitrogen and oxygen atoms in total. The first-order valence-electron chi connectivity index (χ1n) is 10.3. The number of benzene rings is 2. The smallest absolute Gasteiger partial charge is 0.329 e. The summed E-state index contributed by atoms with van der Waals surface area (Å²) in [6, 6.07) is 10.1. The molecule has 0 saturated carbocycles. The zero-order valence-corrected chi connectivity index (χ0v) is 18.2. The number of amides is 1. The molecule has 3 rings (SSSR count). The van der Waals surface area contributed by atoms with Gasteiger partial charge in [0.2, 0.25) is 0 Å². The van der Waals surface area contributed by atoms with E-state index in [-0.39, 0.29) is 18.5 Å². The number of ether oxygens (including phenoxy) is 2. The molecule has 2 N–H and O–H groups in total. The number of nitrogens with one attached hydrogen (secondary N) is 2. The van der Waals surface area contributed by atoms with E-state index in [1.54, 1.807) is 36.4 Å². The molecule has 0 aliphatic heterocycles. The van der Waals surface area contributed by atoms with E-state index in [1.807, 2.05) is 27.7 Å². The first-order valence-corrected chi connectivity index (χ1v) is 10.3. The summed E-state index contributed by atoms with van der Waals surface area (Å²) in [6.45, 7) is 8.39. The standard InChI is InChI=1S/C23H27N3O5/c1-5-30-19-11-17-18(12-20(19)31-6-2)25-23(29)26(22(17)28)13-15-7-9-16(10-8-15)21(27)24-14(3)4/h7-12,14H,5-6,13H2,1-4H3,(H,24,27)(H,25,29). The Kier molecular flexibility index (Phi) is 6.79. The van der Waals surface area contributed by atoms with Crippen LogP contribution in [0.4, 0.5) is 0 Å². The number of carbonyl (C=O) groups is 1. The third-order valence-corrected chi connectivity index (χ3v) is 4.62. The van der Waals surface area contributed by atoms with E-state index >= 15 is 0 Å². The molecule has 2 aromatic carbocycles. The summed E-state index contributed by atoms with van der Waals surface area (Å²) >= 11 is 0. The molecule has 1 aromatic heterocycles. The number of hydrogen-bond donors (Lipinski definition) is 2. The minimum atomic E-state index is -0.522. The lowest BCUT2D eigenvalue weighted by Crippen LogP contribution is -2.35. The molecule has 0 fully saturated rings. The second-order valence-corrected chi connectivity index (χ2v) is 7.36. The maximum Gasteiger partial charge on any atom is 0.329 e. The van der Waals surface area contributed by atoms with Gasteiger partial charge in [-0.1, -0.05) is 12.1 Å². The van der Waals surface area contributed by atoms with Crippen LogP contribution in [0.2, 0.25) is 0 Å². The number of nitrogens with zero attached hydrogens (tertiary/aromatic N) is 1. The van der Waals surface area contributed by atoms with E-state index in [4.69, 9.17) is 9.47 Å². The molecule has 0 spiro atoms. The predicted octanol–water partition coefficient (Wildman–Crippen LogP) is 2.67. The Hall–Kier alpha value is -3.55. The SMILES string of the molecule is CCOc1cc2[nH]c(=O)n(Cc3ccc(C(=O)NC(C)C)cc3)c(=O)c2cc1OCC. The normalized spacial score (nSPS) is 11.0. The van der Waals surface area contributed by atoms with E-state index in [1.165, 1.54) is 0 Å². The third-order valence-electron chi connectivity index (χ3n) is 4.62. The van der Waals surface area contributed by atoms with Gasteiger partial charge in [-0.05, 0) is 51.5 Å². The molecule has 0 unspecified atom stereocenters. The minimum Gasteiger partial charge on any atom is -0.490 e. The van der Waals surface area contributed by atoms with Crippen molar-refractivity contribution >= 4 is 16.8 Å².